The minimum absolute atomic E-state index is 0.125. The number of hydrogen-bond acceptors (Lipinski definition) is 3. The molecule has 0 fully saturated rings. The Morgan fingerprint density at radius 3 is 2.90 bits per heavy atom. The summed E-state index contributed by atoms with van der Waals surface area (Å²) in [7, 11) is 0. The minimum atomic E-state index is -0.354. The number of rotatable bonds is 2. The van der Waals surface area contributed by atoms with Crippen LogP contribution in [0.2, 0.25) is 5.02 Å². The van der Waals surface area contributed by atoms with Crippen LogP contribution in [0.15, 0.2) is 36.4 Å². The highest BCUT2D eigenvalue weighted by Crippen LogP contribution is 2.27. The molecule has 0 spiro atoms. The number of amides is 1. The van der Waals surface area contributed by atoms with Gasteiger partial charge in [0.25, 0.3) is 5.91 Å². The molecule has 0 saturated heterocycles. The summed E-state index contributed by atoms with van der Waals surface area (Å²) >= 11 is 5.76. The van der Waals surface area contributed by atoms with Crippen molar-refractivity contribution >= 4 is 28.9 Å². The molecule has 0 aliphatic carbocycles. The number of halogens is 1. The van der Waals surface area contributed by atoms with E-state index < -0.39 is 0 Å². The Labute approximate surface area is 127 Å². The highest BCUT2D eigenvalue weighted by atomic mass is 35.5. The number of phenolic OH excluding ortho intramolecular Hbond substituents is 1. The average molecular weight is 303 g/mol. The lowest BCUT2D eigenvalue weighted by Crippen LogP contribution is -2.14. The standard InChI is InChI=1S/C16H15ClN2O2/c17-11-3-5-13(15(20)9-11)16(21)19-12-4-6-14-10(8-12)2-1-7-18-14/h3-6,8-9,18,20H,1-2,7H2,(H,19,21). The molecule has 0 bridgehead atoms. The van der Waals surface area contributed by atoms with Crippen LogP contribution < -0.4 is 10.6 Å². The molecule has 3 rings (SSSR count). The predicted octanol–water partition coefficient (Wildman–Crippen LogP) is 3.66. The molecule has 1 aliphatic heterocycles. The molecule has 0 atom stereocenters. The van der Waals surface area contributed by atoms with E-state index in [1.807, 2.05) is 18.2 Å². The summed E-state index contributed by atoms with van der Waals surface area (Å²) in [6.07, 6.45) is 2.08. The van der Waals surface area contributed by atoms with E-state index in [-0.39, 0.29) is 17.2 Å². The van der Waals surface area contributed by atoms with Gasteiger partial charge in [0.05, 0.1) is 5.56 Å². The zero-order valence-corrected chi connectivity index (χ0v) is 12.1. The summed E-state index contributed by atoms with van der Waals surface area (Å²) in [5.74, 6) is -0.479. The van der Waals surface area contributed by atoms with E-state index in [2.05, 4.69) is 10.6 Å². The van der Waals surface area contributed by atoms with Crippen molar-refractivity contribution in [2.45, 2.75) is 12.8 Å². The fourth-order valence-electron chi connectivity index (χ4n) is 2.45. The predicted molar refractivity (Wildman–Crippen MR) is 84.3 cm³/mol. The number of fused-ring (bicyclic) bond motifs is 1. The molecule has 0 radical (unpaired) electrons. The maximum absolute atomic E-state index is 12.2. The first-order chi connectivity index (χ1) is 10.1. The normalized spacial score (nSPS) is 13.2. The average Bonchev–Trinajstić information content (AvgIpc) is 2.47. The van der Waals surface area contributed by atoms with Gasteiger partial charge in [-0.25, -0.2) is 0 Å². The van der Waals surface area contributed by atoms with E-state index in [4.69, 9.17) is 11.6 Å². The molecule has 4 nitrogen and oxygen atoms in total. The molecule has 2 aromatic rings. The number of phenols is 1. The van der Waals surface area contributed by atoms with E-state index >= 15 is 0 Å². The lowest BCUT2D eigenvalue weighted by Gasteiger charge is -2.18. The van der Waals surface area contributed by atoms with Crippen LogP contribution in [0.1, 0.15) is 22.3 Å². The van der Waals surface area contributed by atoms with Crippen molar-refractivity contribution in [3.8, 4) is 5.75 Å². The van der Waals surface area contributed by atoms with Crippen LogP contribution in [-0.2, 0) is 6.42 Å². The Balaban J connectivity index is 1.81. The summed E-state index contributed by atoms with van der Waals surface area (Å²) in [6, 6.07) is 10.2. The van der Waals surface area contributed by atoms with Gasteiger partial charge in [-0.2, -0.15) is 0 Å². The second-order valence-electron chi connectivity index (χ2n) is 5.02. The summed E-state index contributed by atoms with van der Waals surface area (Å²) in [4.78, 5) is 12.2. The SMILES string of the molecule is O=C(Nc1ccc2c(c1)CCCN2)c1ccc(Cl)cc1O. The molecule has 3 N–H and O–H groups in total. The van der Waals surface area contributed by atoms with Crippen molar-refractivity contribution in [3.05, 3.63) is 52.5 Å². The number of aryl methyl sites for hydroxylation is 1. The summed E-state index contributed by atoms with van der Waals surface area (Å²) in [6.45, 7) is 0.983. The monoisotopic (exact) mass is 302 g/mol. The number of carbonyl (C=O) groups is 1. The molecule has 0 saturated carbocycles. The van der Waals surface area contributed by atoms with E-state index in [0.29, 0.717) is 5.02 Å². The molecule has 21 heavy (non-hydrogen) atoms. The van der Waals surface area contributed by atoms with Crippen LogP contribution in [-0.4, -0.2) is 17.6 Å². The van der Waals surface area contributed by atoms with Gasteiger partial charge in [0.2, 0.25) is 0 Å². The lowest BCUT2D eigenvalue weighted by molar-refractivity contribution is 0.102. The first-order valence-electron chi connectivity index (χ1n) is 6.80. The number of benzene rings is 2. The molecule has 5 heteroatoms. The van der Waals surface area contributed by atoms with Crippen molar-refractivity contribution in [3.63, 3.8) is 0 Å². The lowest BCUT2D eigenvalue weighted by atomic mass is 10.0. The Bertz CT molecular complexity index is 701. The van der Waals surface area contributed by atoms with Crippen molar-refractivity contribution in [1.29, 1.82) is 0 Å². The third kappa shape index (κ3) is 2.95. The third-order valence-corrected chi connectivity index (χ3v) is 3.74. The molecule has 1 amide bonds. The fourth-order valence-corrected chi connectivity index (χ4v) is 2.61. The van der Waals surface area contributed by atoms with Gasteiger partial charge in [0, 0.05) is 22.9 Å². The second kappa shape index (κ2) is 5.66. The quantitative estimate of drug-likeness (QED) is 0.793. The zero-order chi connectivity index (χ0) is 14.8. The van der Waals surface area contributed by atoms with Gasteiger partial charge in [-0.3, -0.25) is 4.79 Å². The van der Waals surface area contributed by atoms with Crippen LogP contribution in [0.4, 0.5) is 11.4 Å². The summed E-state index contributed by atoms with van der Waals surface area (Å²) in [5.41, 5.74) is 3.24. The molecule has 0 unspecified atom stereocenters. The molecule has 108 valence electrons. The molecule has 1 aliphatic rings. The topological polar surface area (TPSA) is 61.4 Å². The summed E-state index contributed by atoms with van der Waals surface area (Å²) < 4.78 is 0. The Hall–Kier alpha value is -2.20. The van der Waals surface area contributed by atoms with Gasteiger partial charge in [-0.15, -0.1) is 0 Å². The van der Waals surface area contributed by atoms with Gasteiger partial charge < -0.3 is 15.7 Å². The number of nitrogens with one attached hydrogen (secondary N) is 2. The van der Waals surface area contributed by atoms with E-state index in [0.717, 1.165) is 30.8 Å². The van der Waals surface area contributed by atoms with Gasteiger partial charge in [0.15, 0.2) is 0 Å². The maximum Gasteiger partial charge on any atom is 0.259 e. The van der Waals surface area contributed by atoms with Crippen LogP contribution in [0.3, 0.4) is 0 Å². The van der Waals surface area contributed by atoms with E-state index in [9.17, 15) is 9.90 Å². The van der Waals surface area contributed by atoms with Crippen molar-refractivity contribution in [2.24, 2.45) is 0 Å². The number of hydrogen-bond donors (Lipinski definition) is 3. The smallest absolute Gasteiger partial charge is 0.259 e. The van der Waals surface area contributed by atoms with Gasteiger partial charge in [-0.05, 0) is 54.8 Å². The first-order valence-corrected chi connectivity index (χ1v) is 7.18. The van der Waals surface area contributed by atoms with Gasteiger partial charge in [-0.1, -0.05) is 11.6 Å². The zero-order valence-electron chi connectivity index (χ0n) is 11.3. The van der Waals surface area contributed by atoms with Crippen LogP contribution in [0.25, 0.3) is 0 Å². The largest absolute Gasteiger partial charge is 0.507 e. The van der Waals surface area contributed by atoms with Crippen LogP contribution in [0, 0.1) is 0 Å². The maximum atomic E-state index is 12.2. The molecule has 2 aromatic carbocycles. The molecular formula is C16H15ClN2O2. The minimum Gasteiger partial charge on any atom is -0.507 e. The van der Waals surface area contributed by atoms with Crippen molar-refractivity contribution < 1.29 is 9.90 Å². The van der Waals surface area contributed by atoms with E-state index in [1.165, 1.54) is 17.7 Å². The van der Waals surface area contributed by atoms with Crippen molar-refractivity contribution in [2.75, 3.05) is 17.2 Å². The highest BCUT2D eigenvalue weighted by molar-refractivity contribution is 6.31. The van der Waals surface area contributed by atoms with Crippen molar-refractivity contribution in [1.82, 2.24) is 0 Å². The number of anilines is 2. The van der Waals surface area contributed by atoms with E-state index in [1.54, 1.807) is 6.07 Å². The Morgan fingerprint density at radius 1 is 1.24 bits per heavy atom. The second-order valence-corrected chi connectivity index (χ2v) is 5.45. The van der Waals surface area contributed by atoms with Gasteiger partial charge >= 0.3 is 0 Å². The first kappa shape index (κ1) is 13.8. The van der Waals surface area contributed by atoms with Crippen LogP contribution in [0.5, 0.6) is 5.75 Å². The summed E-state index contributed by atoms with van der Waals surface area (Å²) in [5, 5.41) is 16.3. The third-order valence-electron chi connectivity index (χ3n) is 3.51. The Morgan fingerprint density at radius 2 is 2.10 bits per heavy atom. The molecule has 0 aromatic heterocycles. The fraction of sp³-hybridized carbons (Fsp3) is 0.188. The highest BCUT2D eigenvalue weighted by Gasteiger charge is 2.13. The van der Waals surface area contributed by atoms with Gasteiger partial charge in [0.1, 0.15) is 5.75 Å². The molecular weight excluding hydrogens is 288 g/mol. The number of aromatic hydroxyl groups is 1. The van der Waals surface area contributed by atoms with Crippen LogP contribution >= 0.6 is 11.6 Å². The molecule has 1 heterocycles. The Kier molecular flexibility index (Phi) is 3.71. The number of carbonyl (C=O) groups excluding carboxylic acids is 1.